The molecule has 112 valence electrons. The fourth-order valence-corrected chi connectivity index (χ4v) is 2.45. The number of hydrogen-bond acceptors (Lipinski definition) is 2. The van der Waals surface area contributed by atoms with Crippen LogP contribution in [0, 0.1) is 0 Å². The lowest BCUT2D eigenvalue weighted by molar-refractivity contribution is 0.122. The first-order valence-corrected chi connectivity index (χ1v) is 7.01. The van der Waals surface area contributed by atoms with Crippen molar-refractivity contribution in [1.82, 2.24) is 15.1 Å². The van der Waals surface area contributed by atoms with Crippen molar-refractivity contribution >= 4 is 11.7 Å². The summed E-state index contributed by atoms with van der Waals surface area (Å²) in [6.07, 6.45) is 7.03. The number of rotatable bonds is 4. The van der Waals surface area contributed by atoms with Crippen molar-refractivity contribution in [2.45, 2.75) is 57.5 Å². The summed E-state index contributed by atoms with van der Waals surface area (Å²) in [5, 5.41) is 9.31. The summed E-state index contributed by atoms with van der Waals surface area (Å²) in [4.78, 5) is 11.8. The van der Waals surface area contributed by atoms with Crippen LogP contribution in [0.25, 0.3) is 0 Å². The molecule has 1 aromatic heterocycles. The third-order valence-electron chi connectivity index (χ3n) is 3.41. The number of alkyl halides is 2. The predicted molar refractivity (Wildman–Crippen MR) is 71.9 cm³/mol. The minimum Gasteiger partial charge on any atom is -0.335 e. The Morgan fingerprint density at radius 3 is 2.70 bits per heavy atom. The maximum atomic E-state index is 12.2. The van der Waals surface area contributed by atoms with Gasteiger partial charge in [-0.05, 0) is 12.8 Å². The number of nitrogens with one attached hydrogen (secondary N) is 2. The lowest BCUT2D eigenvalue weighted by atomic mass is 10.1. The Balaban J connectivity index is 1.79. The van der Waals surface area contributed by atoms with Gasteiger partial charge in [-0.3, -0.25) is 4.68 Å². The van der Waals surface area contributed by atoms with Crippen molar-refractivity contribution in [1.29, 1.82) is 0 Å². The first-order chi connectivity index (χ1) is 9.63. The Kier molecular flexibility index (Phi) is 5.31. The van der Waals surface area contributed by atoms with E-state index in [-0.39, 0.29) is 12.1 Å². The summed E-state index contributed by atoms with van der Waals surface area (Å²) >= 11 is 0. The standard InChI is InChI=1S/C13H20F2N4O/c14-12(15)9-19-8-11(7-16-19)18-13(20)17-10-5-3-1-2-4-6-10/h7-8,10,12H,1-6,9H2,(H2,17,18,20). The molecule has 0 aromatic carbocycles. The Morgan fingerprint density at radius 1 is 1.35 bits per heavy atom. The molecular formula is C13H20F2N4O. The van der Waals surface area contributed by atoms with Gasteiger partial charge in [0.05, 0.1) is 11.9 Å². The van der Waals surface area contributed by atoms with Gasteiger partial charge in [-0.1, -0.05) is 25.7 Å². The van der Waals surface area contributed by atoms with Crippen LogP contribution in [0.4, 0.5) is 19.3 Å². The highest BCUT2D eigenvalue weighted by atomic mass is 19.3. The summed E-state index contributed by atoms with van der Waals surface area (Å²) < 4.78 is 25.5. The number of halogens is 2. The zero-order chi connectivity index (χ0) is 14.4. The molecule has 0 saturated heterocycles. The van der Waals surface area contributed by atoms with Crippen LogP contribution < -0.4 is 10.6 Å². The number of amides is 2. The molecule has 5 nitrogen and oxygen atoms in total. The quantitative estimate of drug-likeness (QED) is 0.836. The van der Waals surface area contributed by atoms with E-state index in [0.717, 1.165) is 30.4 Å². The lowest BCUT2D eigenvalue weighted by Crippen LogP contribution is -2.37. The number of nitrogens with zero attached hydrogens (tertiary/aromatic N) is 2. The Labute approximate surface area is 116 Å². The average Bonchev–Trinajstić information content (AvgIpc) is 2.63. The molecule has 7 heteroatoms. The van der Waals surface area contributed by atoms with E-state index >= 15 is 0 Å². The molecular weight excluding hydrogens is 266 g/mol. The van der Waals surface area contributed by atoms with Crippen molar-refractivity contribution in [3.05, 3.63) is 12.4 Å². The van der Waals surface area contributed by atoms with Crippen LogP contribution in [-0.2, 0) is 6.54 Å². The molecule has 2 amide bonds. The Bertz CT molecular complexity index is 428. The third kappa shape index (κ3) is 4.79. The highest BCUT2D eigenvalue weighted by Gasteiger charge is 2.15. The van der Waals surface area contributed by atoms with E-state index in [4.69, 9.17) is 0 Å². The molecule has 0 bridgehead atoms. The molecule has 1 fully saturated rings. The van der Waals surface area contributed by atoms with Crippen LogP contribution in [-0.4, -0.2) is 28.3 Å². The molecule has 1 heterocycles. The number of urea groups is 1. The minimum absolute atomic E-state index is 0.202. The van der Waals surface area contributed by atoms with E-state index in [2.05, 4.69) is 15.7 Å². The predicted octanol–water partition coefficient (Wildman–Crippen LogP) is 2.99. The Morgan fingerprint density at radius 2 is 2.05 bits per heavy atom. The molecule has 1 aliphatic rings. The van der Waals surface area contributed by atoms with Crippen molar-refractivity contribution in [2.75, 3.05) is 5.32 Å². The van der Waals surface area contributed by atoms with Crippen LogP contribution in [0.15, 0.2) is 12.4 Å². The van der Waals surface area contributed by atoms with Gasteiger partial charge < -0.3 is 10.6 Å². The molecule has 0 spiro atoms. The molecule has 20 heavy (non-hydrogen) atoms. The molecule has 1 aliphatic carbocycles. The second-order valence-electron chi connectivity index (χ2n) is 5.13. The molecule has 1 saturated carbocycles. The molecule has 0 atom stereocenters. The van der Waals surface area contributed by atoms with Crippen molar-refractivity contribution in [3.8, 4) is 0 Å². The molecule has 1 aromatic rings. The summed E-state index contributed by atoms with van der Waals surface area (Å²) in [7, 11) is 0. The van der Waals surface area contributed by atoms with Gasteiger partial charge in [0.25, 0.3) is 6.43 Å². The van der Waals surface area contributed by atoms with E-state index in [9.17, 15) is 13.6 Å². The fourth-order valence-electron chi connectivity index (χ4n) is 2.45. The van der Waals surface area contributed by atoms with Gasteiger partial charge in [-0.25, -0.2) is 13.6 Å². The summed E-state index contributed by atoms with van der Waals surface area (Å²) in [5.74, 6) is 0. The molecule has 2 rings (SSSR count). The fraction of sp³-hybridized carbons (Fsp3) is 0.692. The van der Waals surface area contributed by atoms with Gasteiger partial charge in [0.2, 0.25) is 0 Å². The number of carbonyl (C=O) groups is 1. The smallest absolute Gasteiger partial charge is 0.319 e. The van der Waals surface area contributed by atoms with E-state index in [1.807, 2.05) is 0 Å². The van der Waals surface area contributed by atoms with E-state index in [1.54, 1.807) is 0 Å². The summed E-state index contributed by atoms with van der Waals surface area (Å²) in [5.41, 5.74) is 0.428. The molecule has 0 aliphatic heterocycles. The van der Waals surface area contributed by atoms with Crippen LogP contribution in [0.2, 0.25) is 0 Å². The molecule has 0 radical (unpaired) electrons. The minimum atomic E-state index is -2.46. The van der Waals surface area contributed by atoms with E-state index in [0.29, 0.717) is 5.69 Å². The van der Waals surface area contributed by atoms with Crippen LogP contribution in [0.1, 0.15) is 38.5 Å². The zero-order valence-corrected chi connectivity index (χ0v) is 11.3. The molecule has 0 unspecified atom stereocenters. The maximum absolute atomic E-state index is 12.2. The van der Waals surface area contributed by atoms with Crippen LogP contribution >= 0.6 is 0 Å². The van der Waals surface area contributed by atoms with Gasteiger partial charge >= 0.3 is 6.03 Å². The van der Waals surface area contributed by atoms with E-state index in [1.165, 1.54) is 25.2 Å². The van der Waals surface area contributed by atoms with Gasteiger partial charge in [0, 0.05) is 12.2 Å². The third-order valence-corrected chi connectivity index (χ3v) is 3.41. The van der Waals surface area contributed by atoms with Crippen molar-refractivity contribution in [3.63, 3.8) is 0 Å². The second kappa shape index (κ2) is 7.21. The highest BCUT2D eigenvalue weighted by molar-refractivity contribution is 5.89. The van der Waals surface area contributed by atoms with Gasteiger partial charge in [-0.15, -0.1) is 0 Å². The lowest BCUT2D eigenvalue weighted by Gasteiger charge is -2.16. The SMILES string of the molecule is O=C(Nc1cnn(CC(F)F)c1)NC1CCCCCC1. The number of carbonyl (C=O) groups excluding carboxylic acids is 1. The second-order valence-corrected chi connectivity index (χ2v) is 5.13. The van der Waals surface area contributed by atoms with Gasteiger partial charge in [0.15, 0.2) is 0 Å². The topological polar surface area (TPSA) is 59.0 Å². The average molecular weight is 286 g/mol. The van der Waals surface area contributed by atoms with E-state index < -0.39 is 13.0 Å². The normalized spacial score (nSPS) is 16.9. The molecule has 2 N–H and O–H groups in total. The van der Waals surface area contributed by atoms with Crippen LogP contribution in [0.3, 0.4) is 0 Å². The number of anilines is 1. The number of aromatic nitrogens is 2. The van der Waals surface area contributed by atoms with Crippen molar-refractivity contribution < 1.29 is 13.6 Å². The van der Waals surface area contributed by atoms with Gasteiger partial charge in [-0.2, -0.15) is 5.10 Å². The van der Waals surface area contributed by atoms with Crippen molar-refractivity contribution in [2.24, 2.45) is 0 Å². The summed E-state index contributed by atoms with van der Waals surface area (Å²) in [6.45, 7) is -0.466. The maximum Gasteiger partial charge on any atom is 0.319 e. The number of hydrogen-bond donors (Lipinski definition) is 2. The van der Waals surface area contributed by atoms with Gasteiger partial charge in [0.1, 0.15) is 6.54 Å². The first-order valence-electron chi connectivity index (χ1n) is 7.01. The largest absolute Gasteiger partial charge is 0.335 e. The first kappa shape index (κ1) is 14.7. The Hall–Kier alpha value is -1.66. The summed E-state index contributed by atoms with van der Waals surface area (Å²) in [6, 6.07) is -0.0953. The highest BCUT2D eigenvalue weighted by Crippen LogP contribution is 2.17. The monoisotopic (exact) mass is 286 g/mol. The van der Waals surface area contributed by atoms with Crippen LogP contribution in [0.5, 0.6) is 0 Å². The zero-order valence-electron chi connectivity index (χ0n) is 11.3.